The lowest BCUT2D eigenvalue weighted by molar-refractivity contribution is -0.132. The fourth-order valence-corrected chi connectivity index (χ4v) is 7.11. The first-order chi connectivity index (χ1) is 9.52. The van der Waals surface area contributed by atoms with Crippen LogP contribution < -0.4 is 0 Å². The second kappa shape index (κ2) is 6.28. The summed E-state index contributed by atoms with van der Waals surface area (Å²) < 4.78 is 6.68. The summed E-state index contributed by atoms with van der Waals surface area (Å²) in [7, 11) is -1.65. The van der Waals surface area contributed by atoms with Crippen molar-refractivity contribution >= 4 is 14.1 Å². The van der Waals surface area contributed by atoms with Crippen molar-refractivity contribution < 1.29 is 14.3 Å². The molecule has 0 aromatic carbocycles. The first-order valence-corrected chi connectivity index (χ1v) is 10.9. The summed E-state index contributed by atoms with van der Waals surface area (Å²) in [6, 6.07) is 3.43. The van der Waals surface area contributed by atoms with Crippen molar-refractivity contribution in [3.8, 4) is 0 Å². The van der Waals surface area contributed by atoms with Gasteiger partial charge in [-0.2, -0.15) is 0 Å². The van der Waals surface area contributed by atoms with Crippen LogP contribution in [0.25, 0.3) is 0 Å². The zero-order valence-electron chi connectivity index (χ0n) is 13.3. The van der Waals surface area contributed by atoms with Crippen LogP contribution in [0.3, 0.4) is 0 Å². The summed E-state index contributed by atoms with van der Waals surface area (Å²) in [5.74, 6) is 0.403. The van der Waals surface area contributed by atoms with Crippen molar-refractivity contribution in [3.05, 3.63) is 0 Å². The lowest BCUT2D eigenvalue weighted by Gasteiger charge is -2.43. The molecule has 116 valence electrons. The van der Waals surface area contributed by atoms with Crippen LogP contribution in [0.2, 0.25) is 18.1 Å². The Balaban J connectivity index is 2.16. The normalized spacial score (nSPS) is 34.9. The molecule has 0 bridgehead atoms. The van der Waals surface area contributed by atoms with Crippen LogP contribution in [0, 0.1) is 5.41 Å². The number of Topliss-reactive ketones (excluding diaryl/α,β-unsaturated/α-hetero) is 1. The topological polar surface area (TPSA) is 46.5 Å². The monoisotopic (exact) mass is 298 g/mol. The Bertz CT molecular complexity index is 335. The predicted molar refractivity (Wildman–Crippen MR) is 83.2 cm³/mol. The van der Waals surface area contributed by atoms with Gasteiger partial charge in [0.05, 0.1) is 17.6 Å². The van der Waals surface area contributed by atoms with Crippen molar-refractivity contribution in [2.75, 3.05) is 0 Å². The molecule has 2 fully saturated rings. The van der Waals surface area contributed by atoms with Gasteiger partial charge in [-0.15, -0.1) is 0 Å². The van der Waals surface area contributed by atoms with Crippen LogP contribution in [0.5, 0.6) is 0 Å². The fourth-order valence-electron chi connectivity index (χ4n) is 4.16. The van der Waals surface area contributed by atoms with E-state index in [-0.39, 0.29) is 17.6 Å². The van der Waals surface area contributed by atoms with Gasteiger partial charge in [-0.25, -0.2) is 0 Å². The zero-order valence-corrected chi connectivity index (χ0v) is 14.3. The molecule has 0 amide bonds. The summed E-state index contributed by atoms with van der Waals surface area (Å²) in [4.78, 5) is 12.5. The van der Waals surface area contributed by atoms with E-state index in [0.29, 0.717) is 12.2 Å². The Hall–Kier alpha value is -0.193. The molecule has 1 N–H and O–H groups in total. The lowest BCUT2D eigenvalue weighted by Crippen LogP contribution is -2.48. The molecule has 2 saturated carbocycles. The Kier molecular flexibility index (Phi) is 5.08. The van der Waals surface area contributed by atoms with E-state index < -0.39 is 8.32 Å². The molecule has 0 saturated heterocycles. The van der Waals surface area contributed by atoms with Crippen molar-refractivity contribution in [1.29, 1.82) is 0 Å². The van der Waals surface area contributed by atoms with E-state index >= 15 is 0 Å². The van der Waals surface area contributed by atoms with E-state index in [1.54, 1.807) is 0 Å². The van der Waals surface area contributed by atoms with Crippen LogP contribution in [0.15, 0.2) is 0 Å². The molecule has 0 radical (unpaired) electrons. The number of carbonyl (C=O) groups is 1. The van der Waals surface area contributed by atoms with Gasteiger partial charge < -0.3 is 9.53 Å². The SMILES string of the molecule is CC[Si](CC)(CC)O[C@H]1CCC(=O)C12CCC(O)CC2. The number of hydrogen-bond donors (Lipinski definition) is 1. The fraction of sp³-hybridized carbons (Fsp3) is 0.938. The van der Waals surface area contributed by atoms with Gasteiger partial charge in [0.15, 0.2) is 8.32 Å². The maximum Gasteiger partial charge on any atom is 0.192 e. The molecule has 20 heavy (non-hydrogen) atoms. The van der Waals surface area contributed by atoms with Crippen molar-refractivity contribution in [1.82, 2.24) is 0 Å². The van der Waals surface area contributed by atoms with Gasteiger partial charge >= 0.3 is 0 Å². The highest BCUT2D eigenvalue weighted by Crippen LogP contribution is 2.49. The molecule has 2 aliphatic carbocycles. The maximum absolute atomic E-state index is 12.5. The number of carbonyl (C=O) groups excluding carboxylic acids is 1. The average Bonchev–Trinajstić information content (AvgIpc) is 2.77. The minimum absolute atomic E-state index is 0.133. The van der Waals surface area contributed by atoms with Crippen LogP contribution in [-0.2, 0) is 9.22 Å². The highest BCUT2D eigenvalue weighted by atomic mass is 28.4. The first kappa shape index (κ1) is 16.2. The largest absolute Gasteiger partial charge is 0.413 e. The molecular weight excluding hydrogens is 268 g/mol. The van der Waals surface area contributed by atoms with Gasteiger partial charge in [-0.05, 0) is 50.2 Å². The van der Waals surface area contributed by atoms with E-state index in [0.717, 1.165) is 50.2 Å². The van der Waals surface area contributed by atoms with Crippen molar-refractivity contribution in [3.63, 3.8) is 0 Å². The van der Waals surface area contributed by atoms with Crippen LogP contribution in [0.4, 0.5) is 0 Å². The second-order valence-electron chi connectivity index (χ2n) is 6.70. The van der Waals surface area contributed by atoms with Gasteiger partial charge in [-0.3, -0.25) is 4.79 Å². The van der Waals surface area contributed by atoms with E-state index in [1.807, 2.05) is 0 Å². The van der Waals surface area contributed by atoms with Gasteiger partial charge in [0, 0.05) is 6.42 Å². The van der Waals surface area contributed by atoms with Crippen LogP contribution >= 0.6 is 0 Å². The molecule has 1 atom stereocenters. The van der Waals surface area contributed by atoms with Gasteiger partial charge in [0.25, 0.3) is 0 Å². The third kappa shape index (κ3) is 2.74. The molecule has 2 rings (SSSR count). The average molecular weight is 298 g/mol. The second-order valence-corrected chi connectivity index (χ2v) is 11.4. The van der Waals surface area contributed by atoms with Gasteiger partial charge in [-0.1, -0.05) is 20.8 Å². The summed E-state index contributed by atoms with van der Waals surface area (Å²) >= 11 is 0. The molecule has 0 aliphatic heterocycles. The Morgan fingerprint density at radius 1 is 1.15 bits per heavy atom. The first-order valence-electron chi connectivity index (χ1n) is 8.41. The quantitative estimate of drug-likeness (QED) is 0.788. The molecule has 0 unspecified atom stereocenters. The van der Waals surface area contributed by atoms with Gasteiger partial charge in [0.1, 0.15) is 5.78 Å². The third-order valence-corrected chi connectivity index (χ3v) is 10.6. The van der Waals surface area contributed by atoms with Crippen molar-refractivity contribution in [2.24, 2.45) is 5.41 Å². The highest BCUT2D eigenvalue weighted by Gasteiger charge is 2.53. The minimum Gasteiger partial charge on any atom is -0.413 e. The molecule has 3 nitrogen and oxygen atoms in total. The number of aliphatic hydroxyl groups is 1. The molecular formula is C16H30O3Si. The third-order valence-electron chi connectivity index (χ3n) is 5.98. The number of rotatable bonds is 5. The van der Waals surface area contributed by atoms with E-state index in [9.17, 15) is 9.90 Å². The zero-order chi connectivity index (χ0) is 14.8. The minimum atomic E-state index is -1.65. The Labute approximate surface area is 124 Å². The summed E-state index contributed by atoms with van der Waals surface area (Å²) in [5.41, 5.74) is -0.253. The summed E-state index contributed by atoms with van der Waals surface area (Å²) in [5, 5.41) is 9.75. The highest BCUT2D eigenvalue weighted by molar-refractivity contribution is 6.73. The number of aliphatic hydroxyl groups excluding tert-OH is 1. The standard InChI is InChI=1S/C16H30O3Si/c1-4-20(5-2,6-3)19-15-8-7-14(18)16(15)11-9-13(17)10-12-16/h13,15,17H,4-12H2,1-3H3/t13?,15-,16?/m0/s1. The Morgan fingerprint density at radius 3 is 2.20 bits per heavy atom. The number of hydrogen-bond acceptors (Lipinski definition) is 3. The molecule has 0 heterocycles. The maximum atomic E-state index is 12.5. The van der Waals surface area contributed by atoms with E-state index in [2.05, 4.69) is 20.8 Å². The molecule has 1 spiro atoms. The van der Waals surface area contributed by atoms with Gasteiger partial charge in [0.2, 0.25) is 0 Å². The predicted octanol–water partition coefficient (Wildman–Crippen LogP) is 3.66. The van der Waals surface area contributed by atoms with Crippen LogP contribution in [0.1, 0.15) is 59.3 Å². The Morgan fingerprint density at radius 2 is 1.70 bits per heavy atom. The summed E-state index contributed by atoms with van der Waals surface area (Å²) in [6.45, 7) is 6.73. The van der Waals surface area contributed by atoms with E-state index in [4.69, 9.17) is 4.43 Å². The smallest absolute Gasteiger partial charge is 0.192 e. The molecule has 0 aromatic heterocycles. The molecule has 2 aliphatic rings. The molecule has 4 heteroatoms. The lowest BCUT2D eigenvalue weighted by atomic mass is 9.70. The molecule has 0 aromatic rings. The number of ketones is 1. The van der Waals surface area contributed by atoms with E-state index in [1.165, 1.54) is 0 Å². The summed E-state index contributed by atoms with van der Waals surface area (Å²) in [6.07, 6.45) is 4.72. The van der Waals surface area contributed by atoms with Crippen LogP contribution in [-0.4, -0.2) is 31.4 Å². The van der Waals surface area contributed by atoms with Crippen molar-refractivity contribution in [2.45, 2.75) is 89.6 Å².